The Balaban J connectivity index is 2.27. The van der Waals surface area contributed by atoms with Crippen LogP contribution < -0.4 is 10.1 Å². The van der Waals surface area contributed by atoms with E-state index in [-0.39, 0.29) is 5.57 Å². The number of ether oxygens (including phenoxy) is 1. The minimum absolute atomic E-state index is 0.0538. The number of hydrogen-bond acceptors (Lipinski definition) is 4. The number of benzene rings is 2. The van der Waals surface area contributed by atoms with E-state index in [0.29, 0.717) is 25.0 Å². The van der Waals surface area contributed by atoms with Gasteiger partial charge in [-0.1, -0.05) is 17.7 Å². The molecule has 2 rings (SSSR count). The highest BCUT2D eigenvalue weighted by molar-refractivity contribution is 14.1. The molecule has 0 saturated heterocycles. The fraction of sp³-hybridized carbons (Fsp3) is 0.150. The normalized spacial score (nSPS) is 10.9. The Morgan fingerprint density at radius 2 is 2.04 bits per heavy atom. The number of carboxylic acids is 1. The Hall–Kier alpha value is -2.38. The van der Waals surface area contributed by atoms with Crippen molar-refractivity contribution in [2.24, 2.45) is 0 Å². The molecule has 0 spiro atoms. The standard InChI is InChI=1S/C20H16BrIN2O4/c1-11-3-4-17(12(2)5-11)24-20(27)14(9-23)6-13-7-15(21)19(16(22)8-13)28-10-18(25)26/h3-8H,10H2,1-2H3,(H,24,27)(H,25,26)/b14-6+. The van der Waals surface area contributed by atoms with Crippen molar-refractivity contribution in [3.05, 3.63) is 60.6 Å². The van der Waals surface area contributed by atoms with Gasteiger partial charge in [-0.2, -0.15) is 5.26 Å². The van der Waals surface area contributed by atoms with Gasteiger partial charge < -0.3 is 15.2 Å². The van der Waals surface area contributed by atoms with E-state index < -0.39 is 18.5 Å². The first-order valence-electron chi connectivity index (χ1n) is 8.05. The summed E-state index contributed by atoms with van der Waals surface area (Å²) in [6, 6.07) is 10.9. The van der Waals surface area contributed by atoms with Crippen LogP contribution in [0, 0.1) is 28.7 Å². The van der Waals surface area contributed by atoms with Gasteiger partial charge in [0.25, 0.3) is 5.91 Å². The van der Waals surface area contributed by atoms with E-state index in [2.05, 4.69) is 21.2 Å². The highest BCUT2D eigenvalue weighted by Crippen LogP contribution is 2.32. The molecule has 0 atom stereocenters. The van der Waals surface area contributed by atoms with Gasteiger partial charge in [-0.3, -0.25) is 4.79 Å². The Bertz CT molecular complexity index is 989. The third-order valence-corrected chi connectivity index (χ3v) is 5.06. The van der Waals surface area contributed by atoms with E-state index >= 15 is 0 Å². The third-order valence-electron chi connectivity index (χ3n) is 3.67. The van der Waals surface area contributed by atoms with Crippen molar-refractivity contribution in [3.8, 4) is 11.8 Å². The van der Waals surface area contributed by atoms with Crippen molar-refractivity contribution in [1.82, 2.24) is 0 Å². The summed E-state index contributed by atoms with van der Waals surface area (Å²) in [5, 5.41) is 20.9. The van der Waals surface area contributed by atoms with Gasteiger partial charge in [0, 0.05) is 5.69 Å². The van der Waals surface area contributed by atoms with Crippen molar-refractivity contribution in [3.63, 3.8) is 0 Å². The maximum atomic E-state index is 12.5. The largest absolute Gasteiger partial charge is 0.480 e. The zero-order valence-electron chi connectivity index (χ0n) is 15.0. The summed E-state index contributed by atoms with van der Waals surface area (Å²) in [5.74, 6) is -1.20. The molecule has 0 aliphatic carbocycles. The van der Waals surface area contributed by atoms with Gasteiger partial charge >= 0.3 is 5.97 Å². The number of carboxylic acid groups (broad SMARTS) is 1. The van der Waals surface area contributed by atoms with Gasteiger partial charge in [-0.25, -0.2) is 4.79 Å². The first-order chi connectivity index (χ1) is 13.2. The molecule has 28 heavy (non-hydrogen) atoms. The number of carbonyl (C=O) groups excluding carboxylic acids is 1. The van der Waals surface area contributed by atoms with Crippen molar-refractivity contribution >= 4 is 62.2 Å². The van der Waals surface area contributed by atoms with Crippen LogP contribution in [0.15, 0.2) is 40.4 Å². The van der Waals surface area contributed by atoms with Crippen molar-refractivity contribution < 1.29 is 19.4 Å². The van der Waals surface area contributed by atoms with E-state index in [1.165, 1.54) is 6.08 Å². The summed E-state index contributed by atoms with van der Waals surface area (Å²) in [5.41, 5.74) is 3.18. The average molecular weight is 555 g/mol. The van der Waals surface area contributed by atoms with Crippen molar-refractivity contribution in [2.45, 2.75) is 13.8 Å². The molecule has 144 valence electrons. The summed E-state index contributed by atoms with van der Waals surface area (Å²) < 4.78 is 6.42. The van der Waals surface area contributed by atoms with Gasteiger partial charge in [-0.15, -0.1) is 0 Å². The number of nitrogens with zero attached hydrogens (tertiary/aromatic N) is 1. The lowest BCUT2D eigenvalue weighted by Crippen LogP contribution is -2.14. The Labute approximate surface area is 184 Å². The first-order valence-corrected chi connectivity index (χ1v) is 9.92. The molecule has 2 N–H and O–H groups in total. The molecule has 0 unspecified atom stereocenters. The molecule has 8 heteroatoms. The predicted molar refractivity (Wildman–Crippen MR) is 118 cm³/mol. The lowest BCUT2D eigenvalue weighted by atomic mass is 10.1. The molecule has 0 bridgehead atoms. The number of rotatable bonds is 6. The molecule has 0 aliphatic rings. The summed E-state index contributed by atoms with van der Waals surface area (Å²) in [6.45, 7) is 3.38. The number of anilines is 1. The fourth-order valence-corrected chi connectivity index (χ4v) is 4.16. The van der Waals surface area contributed by atoms with E-state index in [4.69, 9.17) is 9.84 Å². The monoisotopic (exact) mass is 554 g/mol. The minimum atomic E-state index is -1.08. The van der Waals surface area contributed by atoms with Crippen LogP contribution in [0.5, 0.6) is 5.75 Å². The number of amides is 1. The second-order valence-corrected chi connectivity index (χ2v) is 7.95. The van der Waals surface area contributed by atoms with Crippen molar-refractivity contribution in [2.75, 3.05) is 11.9 Å². The second-order valence-electron chi connectivity index (χ2n) is 5.94. The maximum Gasteiger partial charge on any atom is 0.341 e. The Morgan fingerprint density at radius 1 is 1.32 bits per heavy atom. The molecule has 0 aromatic heterocycles. The molecular formula is C20H16BrIN2O4. The number of halogens is 2. The topological polar surface area (TPSA) is 99.4 Å². The lowest BCUT2D eigenvalue weighted by Gasteiger charge is -2.10. The SMILES string of the molecule is Cc1ccc(NC(=O)/C(C#N)=C/c2cc(Br)c(OCC(=O)O)c(I)c2)c(C)c1. The first kappa shape index (κ1) is 21.9. The zero-order chi connectivity index (χ0) is 20.8. The number of aryl methyl sites for hydroxylation is 2. The van der Waals surface area contributed by atoms with E-state index in [0.717, 1.165) is 11.1 Å². The number of hydrogen-bond donors (Lipinski definition) is 2. The molecule has 1 amide bonds. The number of carbonyl (C=O) groups is 2. The average Bonchev–Trinajstić information content (AvgIpc) is 2.61. The van der Waals surface area contributed by atoms with E-state index in [1.807, 2.05) is 54.6 Å². The molecule has 2 aromatic rings. The fourth-order valence-electron chi connectivity index (χ4n) is 2.39. The van der Waals surface area contributed by atoms with Crippen LogP contribution in [0.2, 0.25) is 0 Å². The number of nitrogens with one attached hydrogen (secondary N) is 1. The lowest BCUT2D eigenvalue weighted by molar-refractivity contribution is -0.139. The highest BCUT2D eigenvalue weighted by Gasteiger charge is 2.14. The third kappa shape index (κ3) is 5.81. The van der Waals surface area contributed by atoms with E-state index in [9.17, 15) is 14.9 Å². The van der Waals surface area contributed by atoms with Gasteiger partial charge in [0.15, 0.2) is 6.61 Å². The van der Waals surface area contributed by atoms with Gasteiger partial charge in [0.05, 0.1) is 8.04 Å². The van der Waals surface area contributed by atoms with Crippen LogP contribution >= 0.6 is 38.5 Å². The molecule has 0 fully saturated rings. The Morgan fingerprint density at radius 3 is 2.61 bits per heavy atom. The molecule has 2 aromatic carbocycles. The molecule has 6 nitrogen and oxygen atoms in total. The predicted octanol–water partition coefficient (Wildman–Crippen LogP) is 4.68. The molecular weight excluding hydrogens is 539 g/mol. The van der Waals surface area contributed by atoms with Crippen LogP contribution in [-0.4, -0.2) is 23.6 Å². The molecule has 0 radical (unpaired) electrons. The highest BCUT2D eigenvalue weighted by atomic mass is 127. The quantitative estimate of drug-likeness (QED) is 0.307. The summed E-state index contributed by atoms with van der Waals surface area (Å²) in [7, 11) is 0. The van der Waals surface area contributed by atoms with Gasteiger partial charge in [-0.05, 0) is 87.8 Å². The molecule has 0 aliphatic heterocycles. The molecule has 0 saturated carbocycles. The minimum Gasteiger partial charge on any atom is -0.480 e. The van der Waals surface area contributed by atoms with Gasteiger partial charge in [0.2, 0.25) is 0 Å². The zero-order valence-corrected chi connectivity index (χ0v) is 18.8. The summed E-state index contributed by atoms with van der Waals surface area (Å²) in [4.78, 5) is 23.2. The summed E-state index contributed by atoms with van der Waals surface area (Å²) >= 11 is 5.33. The van der Waals surface area contributed by atoms with Crippen LogP contribution in [0.25, 0.3) is 6.08 Å². The van der Waals surface area contributed by atoms with Crippen LogP contribution in [-0.2, 0) is 9.59 Å². The van der Waals surface area contributed by atoms with Crippen molar-refractivity contribution in [1.29, 1.82) is 5.26 Å². The van der Waals surface area contributed by atoms with Gasteiger partial charge in [0.1, 0.15) is 17.4 Å². The Kier molecular flexibility index (Phi) is 7.60. The number of nitriles is 1. The van der Waals surface area contributed by atoms with E-state index in [1.54, 1.807) is 18.2 Å². The van der Waals surface area contributed by atoms with Crippen LogP contribution in [0.4, 0.5) is 5.69 Å². The summed E-state index contributed by atoms with van der Waals surface area (Å²) in [6.07, 6.45) is 1.47. The smallest absolute Gasteiger partial charge is 0.341 e. The second kappa shape index (κ2) is 9.71. The maximum absolute atomic E-state index is 12.5. The van der Waals surface area contributed by atoms with Crippen LogP contribution in [0.1, 0.15) is 16.7 Å². The number of aliphatic carboxylic acids is 1. The molecule has 0 heterocycles. The van der Waals surface area contributed by atoms with Crippen LogP contribution in [0.3, 0.4) is 0 Å².